The zero-order valence-electron chi connectivity index (χ0n) is 13.6. The standard InChI is InChI=1S/C18H21N3OS/c1-12-6-7-14-15(10-18(2,3)22-16(14)9-12)21-17(23)20-13-5-4-8-19-11-13/h4-9,11,15H,10H2,1-3H3,(H2,20,21,23). The molecule has 1 atom stereocenters. The molecule has 1 aliphatic heterocycles. The third-order valence-corrected chi connectivity index (χ3v) is 4.07. The monoisotopic (exact) mass is 327 g/mol. The van der Waals surface area contributed by atoms with Gasteiger partial charge in [-0.15, -0.1) is 0 Å². The molecule has 120 valence electrons. The van der Waals surface area contributed by atoms with E-state index in [0.29, 0.717) is 5.11 Å². The van der Waals surface area contributed by atoms with Gasteiger partial charge in [0, 0.05) is 18.2 Å². The van der Waals surface area contributed by atoms with E-state index in [9.17, 15) is 0 Å². The maximum Gasteiger partial charge on any atom is 0.171 e. The number of ether oxygens (including phenoxy) is 1. The van der Waals surface area contributed by atoms with E-state index in [1.807, 2.05) is 12.1 Å². The number of anilines is 1. The number of pyridine rings is 1. The molecule has 2 heterocycles. The number of fused-ring (bicyclic) bond motifs is 1. The van der Waals surface area contributed by atoms with E-state index < -0.39 is 0 Å². The van der Waals surface area contributed by atoms with E-state index in [2.05, 4.69) is 54.6 Å². The molecule has 1 aliphatic rings. The molecule has 1 aromatic heterocycles. The molecule has 0 radical (unpaired) electrons. The number of benzene rings is 1. The third-order valence-electron chi connectivity index (χ3n) is 3.85. The first-order valence-corrected chi connectivity index (χ1v) is 8.11. The second kappa shape index (κ2) is 6.16. The van der Waals surface area contributed by atoms with Gasteiger partial charge in [-0.1, -0.05) is 12.1 Å². The van der Waals surface area contributed by atoms with Gasteiger partial charge in [0.25, 0.3) is 0 Å². The molecule has 2 N–H and O–H groups in total. The summed E-state index contributed by atoms with van der Waals surface area (Å²) in [6.45, 7) is 6.28. The lowest BCUT2D eigenvalue weighted by Gasteiger charge is -2.38. The van der Waals surface area contributed by atoms with Crippen molar-refractivity contribution in [2.75, 3.05) is 5.32 Å². The number of thiocarbonyl (C=S) groups is 1. The molecule has 0 saturated heterocycles. The Bertz CT molecular complexity index is 715. The molecule has 4 nitrogen and oxygen atoms in total. The van der Waals surface area contributed by atoms with Gasteiger partial charge in [-0.2, -0.15) is 0 Å². The first-order chi connectivity index (χ1) is 10.9. The molecule has 3 rings (SSSR count). The van der Waals surface area contributed by atoms with Crippen molar-refractivity contribution in [3.63, 3.8) is 0 Å². The Morgan fingerprint density at radius 2 is 2.17 bits per heavy atom. The second-order valence-corrected chi connectivity index (χ2v) is 6.91. The van der Waals surface area contributed by atoms with Crippen molar-refractivity contribution in [3.8, 4) is 5.75 Å². The SMILES string of the molecule is Cc1ccc2c(c1)OC(C)(C)CC2NC(=S)Nc1cccnc1. The van der Waals surface area contributed by atoms with Crippen LogP contribution in [-0.2, 0) is 0 Å². The summed E-state index contributed by atoms with van der Waals surface area (Å²) in [5.74, 6) is 0.933. The van der Waals surface area contributed by atoms with Gasteiger partial charge >= 0.3 is 0 Å². The largest absolute Gasteiger partial charge is 0.487 e. The summed E-state index contributed by atoms with van der Waals surface area (Å²) >= 11 is 5.46. The van der Waals surface area contributed by atoms with E-state index in [1.54, 1.807) is 12.4 Å². The van der Waals surface area contributed by atoms with Crippen LogP contribution in [0.2, 0.25) is 0 Å². The molecule has 1 unspecified atom stereocenters. The lowest BCUT2D eigenvalue weighted by Crippen LogP contribution is -2.42. The summed E-state index contributed by atoms with van der Waals surface area (Å²) in [4.78, 5) is 4.08. The predicted molar refractivity (Wildman–Crippen MR) is 96.8 cm³/mol. The zero-order valence-corrected chi connectivity index (χ0v) is 14.4. The van der Waals surface area contributed by atoms with Crippen molar-refractivity contribution in [1.82, 2.24) is 10.3 Å². The molecule has 23 heavy (non-hydrogen) atoms. The van der Waals surface area contributed by atoms with Crippen LogP contribution in [0.5, 0.6) is 5.75 Å². The fourth-order valence-corrected chi connectivity index (χ4v) is 3.11. The van der Waals surface area contributed by atoms with Gasteiger partial charge in [0.1, 0.15) is 11.4 Å². The highest BCUT2D eigenvalue weighted by molar-refractivity contribution is 7.80. The van der Waals surface area contributed by atoms with Gasteiger partial charge in [-0.05, 0) is 56.8 Å². The minimum absolute atomic E-state index is 0.117. The highest BCUT2D eigenvalue weighted by Crippen LogP contribution is 2.39. The van der Waals surface area contributed by atoms with Crippen LogP contribution in [0.4, 0.5) is 5.69 Å². The van der Waals surface area contributed by atoms with Crippen molar-refractivity contribution in [2.24, 2.45) is 0 Å². The first-order valence-electron chi connectivity index (χ1n) is 7.70. The molecular formula is C18H21N3OS. The van der Waals surface area contributed by atoms with E-state index in [-0.39, 0.29) is 11.6 Å². The van der Waals surface area contributed by atoms with Crippen molar-refractivity contribution in [1.29, 1.82) is 0 Å². The number of hydrogen-bond donors (Lipinski definition) is 2. The van der Waals surface area contributed by atoms with Crippen LogP contribution in [0.15, 0.2) is 42.7 Å². The Morgan fingerprint density at radius 1 is 1.35 bits per heavy atom. The van der Waals surface area contributed by atoms with Gasteiger partial charge in [0.05, 0.1) is 17.9 Å². The van der Waals surface area contributed by atoms with Crippen molar-refractivity contribution >= 4 is 23.0 Å². The molecule has 5 heteroatoms. The number of aromatic nitrogens is 1. The average Bonchev–Trinajstić information content (AvgIpc) is 2.46. The summed E-state index contributed by atoms with van der Waals surface area (Å²) in [6.07, 6.45) is 4.33. The van der Waals surface area contributed by atoms with Crippen LogP contribution in [0, 0.1) is 6.92 Å². The quantitative estimate of drug-likeness (QED) is 0.817. The van der Waals surface area contributed by atoms with Crippen molar-refractivity contribution in [2.45, 2.75) is 38.8 Å². The summed E-state index contributed by atoms with van der Waals surface area (Å²) in [7, 11) is 0. The lowest BCUT2D eigenvalue weighted by molar-refractivity contribution is 0.0696. The zero-order chi connectivity index (χ0) is 16.4. The lowest BCUT2D eigenvalue weighted by atomic mass is 9.89. The fraction of sp³-hybridized carbons (Fsp3) is 0.333. The van der Waals surface area contributed by atoms with Crippen LogP contribution in [0.1, 0.15) is 37.4 Å². The highest BCUT2D eigenvalue weighted by Gasteiger charge is 2.34. The number of hydrogen-bond acceptors (Lipinski definition) is 3. The van der Waals surface area contributed by atoms with Crippen LogP contribution < -0.4 is 15.4 Å². The molecule has 0 bridgehead atoms. The van der Waals surface area contributed by atoms with Crippen LogP contribution in [0.25, 0.3) is 0 Å². The molecule has 0 spiro atoms. The maximum atomic E-state index is 6.12. The number of nitrogens with zero attached hydrogens (tertiary/aromatic N) is 1. The van der Waals surface area contributed by atoms with E-state index in [0.717, 1.165) is 23.4 Å². The van der Waals surface area contributed by atoms with Crippen molar-refractivity contribution in [3.05, 3.63) is 53.9 Å². The molecule has 0 saturated carbocycles. The maximum absolute atomic E-state index is 6.12. The predicted octanol–water partition coefficient (Wildman–Crippen LogP) is 3.98. The normalized spacial score (nSPS) is 18.5. The summed E-state index contributed by atoms with van der Waals surface area (Å²) in [5, 5.41) is 7.18. The van der Waals surface area contributed by atoms with E-state index in [1.165, 1.54) is 5.56 Å². The van der Waals surface area contributed by atoms with Crippen LogP contribution in [0.3, 0.4) is 0 Å². The summed E-state index contributed by atoms with van der Waals surface area (Å²) in [5.41, 5.74) is 2.98. The average molecular weight is 327 g/mol. The Labute approximate surface area is 142 Å². The van der Waals surface area contributed by atoms with E-state index >= 15 is 0 Å². The van der Waals surface area contributed by atoms with Gasteiger partial charge in [0.2, 0.25) is 0 Å². The van der Waals surface area contributed by atoms with E-state index in [4.69, 9.17) is 17.0 Å². The highest BCUT2D eigenvalue weighted by atomic mass is 32.1. The number of rotatable bonds is 2. The van der Waals surface area contributed by atoms with Gasteiger partial charge in [-0.3, -0.25) is 4.98 Å². The van der Waals surface area contributed by atoms with Crippen molar-refractivity contribution < 1.29 is 4.74 Å². The van der Waals surface area contributed by atoms with Crippen LogP contribution in [-0.4, -0.2) is 15.7 Å². The molecule has 2 aromatic rings. The first kappa shape index (κ1) is 15.7. The molecular weight excluding hydrogens is 306 g/mol. The fourth-order valence-electron chi connectivity index (χ4n) is 2.85. The minimum Gasteiger partial charge on any atom is -0.487 e. The number of nitrogens with one attached hydrogen (secondary N) is 2. The smallest absolute Gasteiger partial charge is 0.171 e. The second-order valence-electron chi connectivity index (χ2n) is 6.50. The molecule has 1 aromatic carbocycles. The Hall–Kier alpha value is -2.14. The van der Waals surface area contributed by atoms with Gasteiger partial charge in [0.15, 0.2) is 5.11 Å². The Balaban J connectivity index is 1.78. The summed E-state index contributed by atoms with van der Waals surface area (Å²) < 4.78 is 6.12. The Morgan fingerprint density at radius 3 is 2.91 bits per heavy atom. The third kappa shape index (κ3) is 3.79. The molecule has 0 fully saturated rings. The molecule has 0 amide bonds. The van der Waals surface area contributed by atoms with Crippen LogP contribution >= 0.6 is 12.2 Å². The summed E-state index contributed by atoms with van der Waals surface area (Å²) in [6, 6.07) is 10.2. The van der Waals surface area contributed by atoms with Gasteiger partial charge < -0.3 is 15.4 Å². The topological polar surface area (TPSA) is 46.2 Å². The van der Waals surface area contributed by atoms with Gasteiger partial charge in [-0.25, -0.2) is 0 Å². The number of aryl methyl sites for hydroxylation is 1. The molecule has 0 aliphatic carbocycles. The Kier molecular flexibility index (Phi) is 4.22. The minimum atomic E-state index is -0.234.